The summed E-state index contributed by atoms with van der Waals surface area (Å²) in [6, 6.07) is 36.8. The van der Waals surface area contributed by atoms with E-state index in [4.69, 9.17) is 0 Å². The predicted octanol–water partition coefficient (Wildman–Crippen LogP) is 12.3. The van der Waals surface area contributed by atoms with E-state index < -0.39 is 0 Å². The molecule has 0 aliphatic heterocycles. The molecule has 48 heavy (non-hydrogen) atoms. The molecule has 0 amide bonds. The zero-order chi connectivity index (χ0) is 32.1. The summed E-state index contributed by atoms with van der Waals surface area (Å²) in [5, 5.41) is 1.41. The molecule has 0 spiro atoms. The van der Waals surface area contributed by atoms with Crippen molar-refractivity contribution in [1.82, 2.24) is 4.57 Å². The number of aromatic nitrogens is 1. The van der Waals surface area contributed by atoms with Crippen LogP contribution in [0.1, 0.15) is 76.7 Å². The fourth-order valence-corrected chi connectivity index (χ4v) is 9.32. The maximum absolute atomic E-state index is 2.68. The minimum Gasteiger partial charge on any atom is -0.316 e. The number of nitrogens with zero attached hydrogens (tertiary/aromatic N) is 1. The Bertz CT molecular complexity index is 2460. The summed E-state index contributed by atoms with van der Waals surface area (Å²) in [4.78, 5) is 0. The lowest BCUT2D eigenvalue weighted by molar-refractivity contribution is 0.720. The normalized spacial score (nSPS) is 17.2. The Morgan fingerprint density at radius 3 is 2.33 bits per heavy atom. The van der Waals surface area contributed by atoms with Gasteiger partial charge in [0, 0.05) is 28.3 Å². The van der Waals surface area contributed by atoms with Crippen molar-refractivity contribution in [3.05, 3.63) is 159 Å². The lowest BCUT2D eigenvalue weighted by Gasteiger charge is -2.24. The van der Waals surface area contributed by atoms with E-state index in [1.54, 1.807) is 5.57 Å². The van der Waals surface area contributed by atoms with Crippen LogP contribution in [-0.2, 0) is 12.8 Å². The van der Waals surface area contributed by atoms with Crippen molar-refractivity contribution in [3.8, 4) is 33.4 Å². The van der Waals surface area contributed by atoms with E-state index >= 15 is 0 Å². The summed E-state index contributed by atoms with van der Waals surface area (Å²) in [5.74, 6) is 0.493. The standard InChI is InChI=1S/C47H39N/c1-28-10-4-6-13-36(28)42-24-32(19-18-29(42)2)38-15-9-16-40-39-21-20-35(23-34(39)25-44(38)40)48-46-26-33-22-31-12-5-7-14-37(31)43(33)27-45(46)41-17-8-11-30(3)47(41)48/h4-10,12-19,23-24,26-27,30H,11,20-22,25H2,1-3H3. The number of allylic oxidation sites excluding steroid dienone is 5. The van der Waals surface area contributed by atoms with Crippen molar-refractivity contribution < 1.29 is 0 Å². The highest BCUT2D eigenvalue weighted by molar-refractivity contribution is 6.00. The fraction of sp³-hybridized carbons (Fsp3) is 0.191. The second-order valence-electron chi connectivity index (χ2n) is 14.5. The Morgan fingerprint density at radius 2 is 1.44 bits per heavy atom. The molecule has 0 saturated heterocycles. The molecule has 1 atom stereocenters. The molecule has 1 heterocycles. The van der Waals surface area contributed by atoms with Crippen LogP contribution in [0.4, 0.5) is 0 Å². The van der Waals surface area contributed by atoms with Crippen LogP contribution in [0, 0.1) is 13.8 Å². The van der Waals surface area contributed by atoms with Crippen LogP contribution in [0.25, 0.3) is 61.6 Å². The Labute approximate surface area is 283 Å². The van der Waals surface area contributed by atoms with Gasteiger partial charge in [-0.3, -0.25) is 0 Å². The van der Waals surface area contributed by atoms with Crippen LogP contribution in [0.15, 0.2) is 115 Å². The summed E-state index contributed by atoms with van der Waals surface area (Å²) in [7, 11) is 0. The quantitative estimate of drug-likeness (QED) is 0.186. The highest BCUT2D eigenvalue weighted by Crippen LogP contribution is 2.49. The molecule has 0 bridgehead atoms. The summed E-state index contributed by atoms with van der Waals surface area (Å²) in [6.07, 6.45) is 12.6. The van der Waals surface area contributed by atoms with Crippen LogP contribution in [-0.4, -0.2) is 4.57 Å². The van der Waals surface area contributed by atoms with Crippen LogP contribution in [0.5, 0.6) is 0 Å². The van der Waals surface area contributed by atoms with Gasteiger partial charge < -0.3 is 4.57 Å². The molecular formula is C47H39N. The van der Waals surface area contributed by atoms with Gasteiger partial charge in [0.1, 0.15) is 0 Å². The fourth-order valence-electron chi connectivity index (χ4n) is 9.32. The van der Waals surface area contributed by atoms with Gasteiger partial charge in [-0.15, -0.1) is 0 Å². The maximum Gasteiger partial charge on any atom is 0.0537 e. The molecule has 10 rings (SSSR count). The van der Waals surface area contributed by atoms with Crippen molar-refractivity contribution in [2.45, 2.75) is 58.8 Å². The topological polar surface area (TPSA) is 4.93 Å². The smallest absolute Gasteiger partial charge is 0.0537 e. The first-order chi connectivity index (χ1) is 23.5. The molecule has 6 aromatic rings. The van der Waals surface area contributed by atoms with Crippen molar-refractivity contribution in [3.63, 3.8) is 0 Å². The number of benzene rings is 5. The molecule has 1 nitrogen and oxygen atoms in total. The molecule has 1 aromatic heterocycles. The van der Waals surface area contributed by atoms with E-state index in [2.05, 4.69) is 141 Å². The number of hydrogen-bond acceptors (Lipinski definition) is 0. The lowest BCUT2D eigenvalue weighted by atomic mass is 9.89. The van der Waals surface area contributed by atoms with Gasteiger partial charge in [0.25, 0.3) is 0 Å². The van der Waals surface area contributed by atoms with Gasteiger partial charge in [-0.05, 0) is 148 Å². The van der Waals surface area contributed by atoms with Crippen molar-refractivity contribution in [1.29, 1.82) is 0 Å². The monoisotopic (exact) mass is 617 g/mol. The maximum atomic E-state index is 2.68. The zero-order valence-electron chi connectivity index (χ0n) is 28.0. The van der Waals surface area contributed by atoms with Crippen LogP contribution in [0.3, 0.4) is 0 Å². The molecule has 0 saturated carbocycles. The zero-order valence-corrected chi connectivity index (χ0v) is 28.0. The van der Waals surface area contributed by atoms with Gasteiger partial charge in [-0.2, -0.15) is 0 Å². The van der Waals surface area contributed by atoms with Crippen molar-refractivity contribution in [2.75, 3.05) is 0 Å². The van der Waals surface area contributed by atoms with Gasteiger partial charge in [-0.25, -0.2) is 0 Å². The summed E-state index contributed by atoms with van der Waals surface area (Å²) >= 11 is 0. The second-order valence-corrected chi connectivity index (χ2v) is 14.5. The highest BCUT2D eigenvalue weighted by Gasteiger charge is 2.31. The lowest BCUT2D eigenvalue weighted by Crippen LogP contribution is -2.10. The average molecular weight is 618 g/mol. The molecule has 1 unspecified atom stereocenters. The molecular weight excluding hydrogens is 579 g/mol. The van der Waals surface area contributed by atoms with E-state index in [1.165, 1.54) is 100 Å². The Morgan fingerprint density at radius 1 is 0.646 bits per heavy atom. The third-order valence-electron chi connectivity index (χ3n) is 11.7. The molecule has 4 aliphatic carbocycles. The minimum atomic E-state index is 0.493. The molecule has 0 radical (unpaired) electrons. The Balaban J connectivity index is 1.08. The van der Waals surface area contributed by atoms with Gasteiger partial charge in [-0.1, -0.05) is 97.9 Å². The minimum absolute atomic E-state index is 0.493. The summed E-state index contributed by atoms with van der Waals surface area (Å²) < 4.78 is 2.68. The van der Waals surface area contributed by atoms with Crippen LogP contribution >= 0.6 is 0 Å². The number of fused-ring (bicyclic) bond motifs is 8. The third-order valence-corrected chi connectivity index (χ3v) is 11.7. The second kappa shape index (κ2) is 10.4. The van der Waals surface area contributed by atoms with E-state index in [0.29, 0.717) is 5.92 Å². The van der Waals surface area contributed by atoms with Crippen LogP contribution < -0.4 is 0 Å². The Hall–Kier alpha value is -5.14. The predicted molar refractivity (Wildman–Crippen MR) is 203 cm³/mol. The highest BCUT2D eigenvalue weighted by atomic mass is 15.0. The van der Waals surface area contributed by atoms with Crippen molar-refractivity contribution in [2.24, 2.45) is 0 Å². The molecule has 0 fully saturated rings. The summed E-state index contributed by atoms with van der Waals surface area (Å²) in [5.41, 5.74) is 25.6. The molecule has 5 aromatic carbocycles. The van der Waals surface area contributed by atoms with E-state index in [9.17, 15) is 0 Å². The van der Waals surface area contributed by atoms with Gasteiger partial charge in [0.05, 0.1) is 5.52 Å². The van der Waals surface area contributed by atoms with Gasteiger partial charge >= 0.3 is 0 Å². The van der Waals surface area contributed by atoms with Crippen LogP contribution in [0.2, 0.25) is 0 Å². The number of rotatable bonds is 3. The van der Waals surface area contributed by atoms with Gasteiger partial charge in [0.2, 0.25) is 0 Å². The van der Waals surface area contributed by atoms with E-state index in [1.807, 2.05) is 0 Å². The molecule has 232 valence electrons. The Kier molecular flexibility index (Phi) is 6.07. The first-order valence-electron chi connectivity index (χ1n) is 17.7. The molecule has 0 N–H and O–H groups in total. The largest absolute Gasteiger partial charge is 0.316 e. The van der Waals surface area contributed by atoms with E-state index in [0.717, 1.165) is 32.1 Å². The summed E-state index contributed by atoms with van der Waals surface area (Å²) in [6.45, 7) is 6.87. The average Bonchev–Trinajstić information content (AvgIpc) is 3.77. The molecule has 4 aliphatic rings. The third kappa shape index (κ3) is 4.03. The van der Waals surface area contributed by atoms with Gasteiger partial charge in [0.15, 0.2) is 0 Å². The number of hydrogen-bond donors (Lipinski definition) is 0. The first kappa shape index (κ1) is 27.9. The van der Waals surface area contributed by atoms with Crippen molar-refractivity contribution >= 4 is 28.2 Å². The molecule has 1 heteroatoms. The SMILES string of the molecule is Cc1ccccc1-c1cc(-c2cccc3c2CC2=C3CCC(n3c4c(c5cc6c(cc53)Cc3ccccc3-6)C=CCC4C)=C2)ccc1C. The number of aryl methyl sites for hydroxylation is 2. The first-order valence-corrected chi connectivity index (χ1v) is 17.7. The van der Waals surface area contributed by atoms with E-state index in [-0.39, 0.29) is 0 Å².